The fourth-order valence-electron chi connectivity index (χ4n) is 2.93. The first-order chi connectivity index (χ1) is 8.56. The molecule has 2 unspecified atom stereocenters. The first-order valence-corrected chi connectivity index (χ1v) is 7.46. The Hall–Kier alpha value is -0.690. The number of hydrogen-bond acceptors (Lipinski definition) is 1. The molecule has 1 N–H and O–H groups in total. The van der Waals surface area contributed by atoms with Crippen molar-refractivity contribution in [3.05, 3.63) is 28.8 Å². The zero-order chi connectivity index (χ0) is 13.1. The highest BCUT2D eigenvalue weighted by molar-refractivity contribution is 6.33. The van der Waals surface area contributed by atoms with E-state index in [1.165, 1.54) is 31.2 Å². The summed E-state index contributed by atoms with van der Waals surface area (Å²) in [7, 11) is 0. The largest absolute Gasteiger partial charge is 0.381 e. The second-order valence-electron chi connectivity index (χ2n) is 6.00. The van der Waals surface area contributed by atoms with Gasteiger partial charge in [0.1, 0.15) is 0 Å². The lowest BCUT2D eigenvalue weighted by atomic mass is 9.79. The number of halogens is 1. The topological polar surface area (TPSA) is 12.0 Å². The Morgan fingerprint density at radius 2 is 2.06 bits per heavy atom. The van der Waals surface area contributed by atoms with E-state index in [0.717, 1.165) is 22.5 Å². The molecule has 0 saturated heterocycles. The minimum Gasteiger partial charge on any atom is -0.381 e. The summed E-state index contributed by atoms with van der Waals surface area (Å²) in [5, 5.41) is 4.48. The highest BCUT2D eigenvalue weighted by atomic mass is 35.5. The van der Waals surface area contributed by atoms with Crippen molar-refractivity contribution in [2.75, 3.05) is 5.32 Å². The third-order valence-electron chi connectivity index (χ3n) is 4.14. The average Bonchev–Trinajstić information content (AvgIpc) is 2.34. The van der Waals surface area contributed by atoms with E-state index in [-0.39, 0.29) is 0 Å². The van der Waals surface area contributed by atoms with E-state index in [9.17, 15) is 0 Å². The maximum Gasteiger partial charge on any atom is 0.0637 e. The molecule has 2 atom stereocenters. The fraction of sp³-hybridized carbons (Fsp3) is 0.625. The second-order valence-corrected chi connectivity index (χ2v) is 6.40. The number of rotatable bonds is 3. The van der Waals surface area contributed by atoms with Crippen LogP contribution in [-0.2, 0) is 0 Å². The molecule has 0 spiro atoms. The SMILES string of the molecule is Cc1ccc(Cl)c(NC2CCCC(C(C)C)C2)c1. The first-order valence-electron chi connectivity index (χ1n) is 7.09. The van der Waals surface area contributed by atoms with Gasteiger partial charge in [-0.05, 0) is 49.3 Å². The molecule has 100 valence electrons. The maximum absolute atomic E-state index is 6.25. The van der Waals surface area contributed by atoms with Gasteiger partial charge < -0.3 is 5.32 Å². The zero-order valence-corrected chi connectivity index (χ0v) is 12.4. The fourth-order valence-corrected chi connectivity index (χ4v) is 3.11. The molecule has 1 aliphatic rings. The van der Waals surface area contributed by atoms with Gasteiger partial charge >= 0.3 is 0 Å². The summed E-state index contributed by atoms with van der Waals surface area (Å²) in [5.41, 5.74) is 2.36. The van der Waals surface area contributed by atoms with E-state index in [2.05, 4.69) is 38.2 Å². The third kappa shape index (κ3) is 3.41. The Labute approximate surface area is 116 Å². The van der Waals surface area contributed by atoms with E-state index in [4.69, 9.17) is 11.6 Å². The van der Waals surface area contributed by atoms with Gasteiger partial charge in [0.05, 0.1) is 10.7 Å². The molecule has 2 heteroatoms. The van der Waals surface area contributed by atoms with Crippen LogP contribution in [0.1, 0.15) is 45.1 Å². The van der Waals surface area contributed by atoms with Crippen LogP contribution >= 0.6 is 11.6 Å². The highest BCUT2D eigenvalue weighted by Crippen LogP contribution is 2.33. The lowest BCUT2D eigenvalue weighted by Crippen LogP contribution is -2.29. The van der Waals surface area contributed by atoms with Crippen molar-refractivity contribution < 1.29 is 0 Å². The summed E-state index contributed by atoms with van der Waals surface area (Å²) in [4.78, 5) is 0. The second kappa shape index (κ2) is 5.97. The van der Waals surface area contributed by atoms with Gasteiger partial charge in [-0.15, -0.1) is 0 Å². The van der Waals surface area contributed by atoms with Gasteiger partial charge in [0, 0.05) is 6.04 Å². The van der Waals surface area contributed by atoms with Gasteiger partial charge in [0.2, 0.25) is 0 Å². The molecule has 0 heterocycles. The Kier molecular flexibility index (Phi) is 4.55. The summed E-state index contributed by atoms with van der Waals surface area (Å²) >= 11 is 6.25. The van der Waals surface area contributed by atoms with Crippen LogP contribution in [0.25, 0.3) is 0 Å². The number of nitrogens with one attached hydrogen (secondary N) is 1. The summed E-state index contributed by atoms with van der Waals surface area (Å²) in [5.74, 6) is 1.66. The molecule has 0 aromatic heterocycles. The maximum atomic E-state index is 6.25. The van der Waals surface area contributed by atoms with Crippen LogP contribution in [0, 0.1) is 18.8 Å². The van der Waals surface area contributed by atoms with Crippen LogP contribution in [0.15, 0.2) is 18.2 Å². The number of benzene rings is 1. The van der Waals surface area contributed by atoms with Crippen molar-refractivity contribution in [3.63, 3.8) is 0 Å². The minimum atomic E-state index is 0.588. The van der Waals surface area contributed by atoms with Crippen molar-refractivity contribution >= 4 is 17.3 Å². The summed E-state index contributed by atoms with van der Waals surface area (Å²) in [6, 6.07) is 6.79. The predicted molar refractivity (Wildman–Crippen MR) is 80.4 cm³/mol. The van der Waals surface area contributed by atoms with Crippen molar-refractivity contribution in [1.29, 1.82) is 0 Å². The molecule has 1 saturated carbocycles. The molecule has 0 radical (unpaired) electrons. The van der Waals surface area contributed by atoms with Crippen molar-refractivity contribution in [3.8, 4) is 0 Å². The summed E-state index contributed by atoms with van der Waals surface area (Å²) in [6.07, 6.45) is 5.27. The molecule has 18 heavy (non-hydrogen) atoms. The molecular weight excluding hydrogens is 242 g/mol. The van der Waals surface area contributed by atoms with Crippen molar-refractivity contribution in [2.24, 2.45) is 11.8 Å². The van der Waals surface area contributed by atoms with Crippen LogP contribution in [0.2, 0.25) is 5.02 Å². The average molecular weight is 266 g/mol. The standard InChI is InChI=1S/C16H24ClN/c1-11(2)13-5-4-6-14(10-13)18-16-9-12(3)7-8-15(16)17/h7-9,11,13-14,18H,4-6,10H2,1-3H3. The number of aryl methyl sites for hydroxylation is 1. The summed E-state index contributed by atoms with van der Waals surface area (Å²) in [6.45, 7) is 6.79. The lowest BCUT2D eigenvalue weighted by Gasteiger charge is -2.33. The van der Waals surface area contributed by atoms with Gasteiger partial charge in [-0.3, -0.25) is 0 Å². The van der Waals surface area contributed by atoms with E-state index >= 15 is 0 Å². The number of anilines is 1. The van der Waals surface area contributed by atoms with Crippen LogP contribution < -0.4 is 5.32 Å². The van der Waals surface area contributed by atoms with Gasteiger partial charge in [-0.1, -0.05) is 44.4 Å². The Morgan fingerprint density at radius 3 is 2.78 bits per heavy atom. The van der Waals surface area contributed by atoms with E-state index in [0.29, 0.717) is 6.04 Å². The highest BCUT2D eigenvalue weighted by Gasteiger charge is 2.24. The molecule has 0 amide bonds. The van der Waals surface area contributed by atoms with Crippen molar-refractivity contribution in [2.45, 2.75) is 52.5 Å². The molecule has 2 rings (SSSR count). The quantitative estimate of drug-likeness (QED) is 0.785. The number of hydrogen-bond donors (Lipinski definition) is 1. The molecule has 1 aromatic rings. The van der Waals surface area contributed by atoms with E-state index in [1.807, 2.05) is 6.07 Å². The van der Waals surface area contributed by atoms with Gasteiger partial charge in [0.25, 0.3) is 0 Å². The van der Waals surface area contributed by atoms with Crippen LogP contribution in [0.5, 0.6) is 0 Å². The normalized spacial score (nSPS) is 24.3. The Morgan fingerprint density at radius 1 is 1.28 bits per heavy atom. The molecule has 1 nitrogen and oxygen atoms in total. The predicted octanol–water partition coefficient (Wildman–Crippen LogP) is 5.28. The third-order valence-corrected chi connectivity index (χ3v) is 4.47. The molecule has 1 aromatic carbocycles. The molecule has 1 fully saturated rings. The molecule has 0 bridgehead atoms. The van der Waals surface area contributed by atoms with Crippen LogP contribution in [0.3, 0.4) is 0 Å². The van der Waals surface area contributed by atoms with E-state index in [1.54, 1.807) is 0 Å². The lowest BCUT2D eigenvalue weighted by molar-refractivity contribution is 0.264. The van der Waals surface area contributed by atoms with Crippen LogP contribution in [-0.4, -0.2) is 6.04 Å². The Balaban J connectivity index is 2.02. The Bertz CT molecular complexity index is 400. The van der Waals surface area contributed by atoms with Crippen molar-refractivity contribution in [1.82, 2.24) is 0 Å². The summed E-state index contributed by atoms with van der Waals surface area (Å²) < 4.78 is 0. The molecular formula is C16H24ClN. The first kappa shape index (κ1) is 13.7. The smallest absolute Gasteiger partial charge is 0.0637 e. The minimum absolute atomic E-state index is 0.588. The molecule has 0 aliphatic heterocycles. The van der Waals surface area contributed by atoms with E-state index < -0.39 is 0 Å². The van der Waals surface area contributed by atoms with Gasteiger partial charge in [-0.2, -0.15) is 0 Å². The molecule has 1 aliphatic carbocycles. The van der Waals surface area contributed by atoms with Crippen LogP contribution in [0.4, 0.5) is 5.69 Å². The van der Waals surface area contributed by atoms with Gasteiger partial charge in [0.15, 0.2) is 0 Å². The van der Waals surface area contributed by atoms with Gasteiger partial charge in [-0.25, -0.2) is 0 Å². The monoisotopic (exact) mass is 265 g/mol. The zero-order valence-electron chi connectivity index (χ0n) is 11.7.